The maximum Gasteiger partial charge on any atom is 0.240 e. The minimum atomic E-state index is -3.54. The Kier molecular flexibility index (Phi) is 4.98. The Bertz CT molecular complexity index is 651. The van der Waals surface area contributed by atoms with Gasteiger partial charge in [0, 0.05) is 18.4 Å². The molecule has 0 radical (unpaired) electrons. The standard InChI is InChI=1S/C14H19N3O3S/c1-3-20-13-5-7-14(8-6-13)21(18,19)16-12(2)11-17-10-4-9-15-17/h4-10,12,16H,3,11H2,1-2H3/t12-/m1/s1. The molecule has 1 aromatic heterocycles. The second-order valence-corrected chi connectivity index (χ2v) is 6.37. The molecule has 0 bridgehead atoms. The molecule has 1 N–H and O–H groups in total. The third kappa shape index (κ3) is 4.30. The summed E-state index contributed by atoms with van der Waals surface area (Å²) < 4.78 is 34.1. The molecular formula is C14H19N3O3S. The molecule has 0 saturated heterocycles. The first kappa shape index (κ1) is 15.5. The van der Waals surface area contributed by atoms with Gasteiger partial charge in [0.05, 0.1) is 18.0 Å². The molecule has 1 atom stereocenters. The van der Waals surface area contributed by atoms with Gasteiger partial charge in [-0.25, -0.2) is 13.1 Å². The third-order valence-corrected chi connectivity index (χ3v) is 4.43. The number of nitrogens with zero attached hydrogens (tertiary/aromatic N) is 2. The maximum absolute atomic E-state index is 12.3. The number of nitrogens with one attached hydrogen (secondary N) is 1. The molecule has 21 heavy (non-hydrogen) atoms. The van der Waals surface area contributed by atoms with Crippen LogP contribution < -0.4 is 9.46 Å². The molecule has 1 aromatic carbocycles. The van der Waals surface area contributed by atoms with Crippen molar-refractivity contribution < 1.29 is 13.2 Å². The second-order valence-electron chi connectivity index (χ2n) is 4.65. The Morgan fingerprint density at radius 3 is 2.62 bits per heavy atom. The van der Waals surface area contributed by atoms with E-state index in [0.717, 1.165) is 0 Å². The summed E-state index contributed by atoms with van der Waals surface area (Å²) in [5, 5.41) is 4.06. The zero-order chi connectivity index (χ0) is 15.3. The monoisotopic (exact) mass is 309 g/mol. The molecule has 114 valence electrons. The van der Waals surface area contributed by atoms with E-state index in [1.165, 1.54) is 12.1 Å². The molecule has 0 aliphatic carbocycles. The molecule has 0 unspecified atom stereocenters. The van der Waals surface area contributed by atoms with Crippen LogP contribution in [0.1, 0.15) is 13.8 Å². The van der Waals surface area contributed by atoms with Gasteiger partial charge < -0.3 is 4.74 Å². The number of aromatic nitrogens is 2. The van der Waals surface area contributed by atoms with Gasteiger partial charge in [-0.15, -0.1) is 0 Å². The molecule has 0 saturated carbocycles. The fourth-order valence-electron chi connectivity index (χ4n) is 1.94. The summed E-state index contributed by atoms with van der Waals surface area (Å²) in [7, 11) is -3.54. The van der Waals surface area contributed by atoms with E-state index in [9.17, 15) is 8.42 Å². The van der Waals surface area contributed by atoms with Crippen molar-refractivity contribution in [2.24, 2.45) is 0 Å². The van der Waals surface area contributed by atoms with E-state index < -0.39 is 10.0 Å². The van der Waals surface area contributed by atoms with Crippen LogP contribution in [0.5, 0.6) is 5.75 Å². The first-order valence-corrected chi connectivity index (χ1v) is 8.22. The van der Waals surface area contributed by atoms with Gasteiger partial charge in [0.1, 0.15) is 5.75 Å². The molecule has 2 aromatic rings. The lowest BCUT2D eigenvalue weighted by Crippen LogP contribution is -2.35. The van der Waals surface area contributed by atoms with Crippen molar-refractivity contribution in [2.45, 2.75) is 31.3 Å². The number of ether oxygens (including phenoxy) is 1. The number of hydrogen-bond donors (Lipinski definition) is 1. The van der Waals surface area contributed by atoms with E-state index in [2.05, 4.69) is 9.82 Å². The van der Waals surface area contributed by atoms with Gasteiger partial charge >= 0.3 is 0 Å². The molecule has 0 spiro atoms. The summed E-state index contributed by atoms with van der Waals surface area (Å²) in [6.07, 6.45) is 3.45. The van der Waals surface area contributed by atoms with Gasteiger partial charge in [-0.1, -0.05) is 0 Å². The Balaban J connectivity index is 2.03. The summed E-state index contributed by atoms with van der Waals surface area (Å²) in [6.45, 7) is 4.70. The summed E-state index contributed by atoms with van der Waals surface area (Å²) in [5.74, 6) is 0.654. The molecule has 0 aliphatic heterocycles. The maximum atomic E-state index is 12.3. The van der Waals surface area contributed by atoms with Crippen LogP contribution in [-0.4, -0.2) is 30.8 Å². The third-order valence-electron chi connectivity index (χ3n) is 2.82. The fourth-order valence-corrected chi connectivity index (χ4v) is 3.18. The van der Waals surface area contributed by atoms with E-state index in [-0.39, 0.29) is 10.9 Å². The number of sulfonamides is 1. The molecule has 0 amide bonds. The van der Waals surface area contributed by atoms with Crippen molar-refractivity contribution in [3.05, 3.63) is 42.7 Å². The Morgan fingerprint density at radius 1 is 1.33 bits per heavy atom. The Hall–Kier alpha value is -1.86. The van der Waals surface area contributed by atoms with Crippen molar-refractivity contribution >= 4 is 10.0 Å². The zero-order valence-corrected chi connectivity index (χ0v) is 12.9. The molecule has 0 aliphatic rings. The van der Waals surface area contributed by atoms with Gasteiger partial charge in [0.25, 0.3) is 0 Å². The zero-order valence-electron chi connectivity index (χ0n) is 12.1. The molecule has 7 heteroatoms. The normalized spacial score (nSPS) is 13.0. The second kappa shape index (κ2) is 6.73. The van der Waals surface area contributed by atoms with Gasteiger partial charge in [-0.05, 0) is 44.2 Å². The highest BCUT2D eigenvalue weighted by molar-refractivity contribution is 7.89. The first-order valence-electron chi connectivity index (χ1n) is 6.74. The van der Waals surface area contributed by atoms with Crippen molar-refractivity contribution in [2.75, 3.05) is 6.61 Å². The summed E-state index contributed by atoms with van der Waals surface area (Å²) >= 11 is 0. The van der Waals surface area contributed by atoms with Crippen molar-refractivity contribution in [3.8, 4) is 5.75 Å². The average Bonchev–Trinajstić information content (AvgIpc) is 2.92. The minimum Gasteiger partial charge on any atom is -0.494 e. The number of hydrogen-bond acceptors (Lipinski definition) is 4. The Morgan fingerprint density at radius 2 is 2.05 bits per heavy atom. The SMILES string of the molecule is CCOc1ccc(S(=O)(=O)N[C@H](C)Cn2cccn2)cc1. The smallest absolute Gasteiger partial charge is 0.240 e. The van der Waals surface area contributed by atoms with Crippen LogP contribution in [0.3, 0.4) is 0 Å². The van der Waals surface area contributed by atoms with Crippen molar-refractivity contribution in [1.29, 1.82) is 0 Å². The van der Waals surface area contributed by atoms with Crippen LogP contribution >= 0.6 is 0 Å². The van der Waals surface area contributed by atoms with E-state index in [1.807, 2.05) is 6.92 Å². The number of rotatable bonds is 7. The molecule has 0 fully saturated rings. The highest BCUT2D eigenvalue weighted by Gasteiger charge is 2.17. The first-order chi connectivity index (χ1) is 10.0. The average molecular weight is 309 g/mol. The van der Waals surface area contributed by atoms with Crippen LogP contribution in [0.2, 0.25) is 0 Å². The van der Waals surface area contributed by atoms with Crippen LogP contribution in [0, 0.1) is 0 Å². The van der Waals surface area contributed by atoms with Gasteiger partial charge in [0.2, 0.25) is 10.0 Å². The minimum absolute atomic E-state index is 0.221. The molecular weight excluding hydrogens is 290 g/mol. The molecule has 2 rings (SSSR count). The Labute approximate surface area is 124 Å². The van der Waals surface area contributed by atoms with E-state index in [0.29, 0.717) is 18.9 Å². The van der Waals surface area contributed by atoms with Crippen molar-refractivity contribution in [3.63, 3.8) is 0 Å². The topological polar surface area (TPSA) is 73.2 Å². The lowest BCUT2D eigenvalue weighted by Gasteiger charge is -2.14. The van der Waals surface area contributed by atoms with E-state index in [1.54, 1.807) is 42.2 Å². The van der Waals surface area contributed by atoms with Crippen LogP contribution in [0.25, 0.3) is 0 Å². The van der Waals surface area contributed by atoms with Gasteiger partial charge in [-0.3, -0.25) is 4.68 Å². The van der Waals surface area contributed by atoms with Crippen LogP contribution in [0.4, 0.5) is 0 Å². The molecule has 1 heterocycles. The highest BCUT2D eigenvalue weighted by atomic mass is 32.2. The van der Waals surface area contributed by atoms with Crippen LogP contribution in [0.15, 0.2) is 47.6 Å². The lowest BCUT2D eigenvalue weighted by molar-refractivity contribution is 0.340. The highest BCUT2D eigenvalue weighted by Crippen LogP contribution is 2.16. The van der Waals surface area contributed by atoms with Crippen LogP contribution in [-0.2, 0) is 16.6 Å². The van der Waals surface area contributed by atoms with Crippen molar-refractivity contribution in [1.82, 2.24) is 14.5 Å². The molecule has 6 nitrogen and oxygen atoms in total. The largest absolute Gasteiger partial charge is 0.494 e. The lowest BCUT2D eigenvalue weighted by atomic mass is 10.3. The van der Waals surface area contributed by atoms with E-state index >= 15 is 0 Å². The van der Waals surface area contributed by atoms with E-state index in [4.69, 9.17) is 4.74 Å². The summed E-state index contributed by atoms with van der Waals surface area (Å²) in [6, 6.07) is 7.91. The predicted molar refractivity (Wildman–Crippen MR) is 79.6 cm³/mol. The fraction of sp³-hybridized carbons (Fsp3) is 0.357. The van der Waals surface area contributed by atoms with Gasteiger partial charge in [-0.2, -0.15) is 5.10 Å². The predicted octanol–water partition coefficient (Wildman–Crippen LogP) is 1.65. The number of benzene rings is 1. The summed E-state index contributed by atoms with van der Waals surface area (Å²) in [5.41, 5.74) is 0. The van der Waals surface area contributed by atoms with Gasteiger partial charge in [0.15, 0.2) is 0 Å². The quantitative estimate of drug-likeness (QED) is 0.844. The summed E-state index contributed by atoms with van der Waals surface area (Å²) in [4.78, 5) is 0.221.